The van der Waals surface area contributed by atoms with Gasteiger partial charge < -0.3 is 14.4 Å². The highest BCUT2D eigenvalue weighted by Crippen LogP contribution is 2.31. The number of anilines is 1. The minimum Gasteiger partial charge on any atom is -0.490 e. The molecule has 2 rings (SSSR count). The maximum Gasteiger partial charge on any atom is 0.379 e. The standard InChI is InChI=1S/C13H15NO4/c1-3-17-13(16)12(15)9-4-5-11-10(8-9)14(2)6-7-18-11/h4-5,8H,3,6-7H2,1-2H3. The number of ether oxygens (including phenoxy) is 2. The van der Waals surface area contributed by atoms with Crippen LogP contribution in [-0.2, 0) is 9.53 Å². The molecule has 5 nitrogen and oxygen atoms in total. The van der Waals surface area contributed by atoms with E-state index < -0.39 is 11.8 Å². The van der Waals surface area contributed by atoms with Gasteiger partial charge in [0.05, 0.1) is 18.8 Å². The zero-order valence-electron chi connectivity index (χ0n) is 10.4. The summed E-state index contributed by atoms with van der Waals surface area (Å²) in [5.74, 6) is -0.723. The van der Waals surface area contributed by atoms with Crippen molar-refractivity contribution in [2.45, 2.75) is 6.92 Å². The third kappa shape index (κ3) is 2.30. The lowest BCUT2D eigenvalue weighted by atomic mass is 10.1. The Morgan fingerprint density at radius 1 is 1.44 bits per heavy atom. The summed E-state index contributed by atoms with van der Waals surface area (Å²) in [5, 5.41) is 0. The van der Waals surface area contributed by atoms with E-state index in [1.807, 2.05) is 11.9 Å². The molecule has 0 amide bonds. The average Bonchev–Trinajstić information content (AvgIpc) is 2.38. The molecule has 0 bridgehead atoms. The van der Waals surface area contributed by atoms with Crippen molar-refractivity contribution in [3.8, 4) is 5.75 Å². The van der Waals surface area contributed by atoms with Crippen molar-refractivity contribution in [1.29, 1.82) is 0 Å². The number of esters is 1. The summed E-state index contributed by atoms with van der Waals surface area (Å²) < 4.78 is 10.2. The van der Waals surface area contributed by atoms with E-state index in [0.29, 0.717) is 12.2 Å². The molecule has 0 aliphatic carbocycles. The Balaban J connectivity index is 2.28. The molecule has 0 aromatic heterocycles. The van der Waals surface area contributed by atoms with Crippen molar-refractivity contribution in [3.63, 3.8) is 0 Å². The molecule has 0 unspecified atom stereocenters. The SMILES string of the molecule is CCOC(=O)C(=O)c1ccc2c(c1)N(C)CCO2. The van der Waals surface area contributed by atoms with Crippen LogP contribution >= 0.6 is 0 Å². The molecule has 1 heterocycles. The summed E-state index contributed by atoms with van der Waals surface area (Å²) >= 11 is 0. The highest BCUT2D eigenvalue weighted by atomic mass is 16.5. The first-order valence-corrected chi connectivity index (χ1v) is 5.83. The van der Waals surface area contributed by atoms with Crippen LogP contribution in [0.4, 0.5) is 5.69 Å². The normalized spacial score (nSPS) is 13.6. The van der Waals surface area contributed by atoms with Crippen LogP contribution in [0.25, 0.3) is 0 Å². The van der Waals surface area contributed by atoms with Crippen LogP contribution in [0, 0.1) is 0 Å². The Morgan fingerprint density at radius 3 is 2.94 bits per heavy atom. The van der Waals surface area contributed by atoms with E-state index >= 15 is 0 Å². The van der Waals surface area contributed by atoms with Gasteiger partial charge >= 0.3 is 5.97 Å². The van der Waals surface area contributed by atoms with E-state index in [4.69, 9.17) is 9.47 Å². The molecule has 0 atom stereocenters. The van der Waals surface area contributed by atoms with Crippen molar-refractivity contribution in [3.05, 3.63) is 23.8 Å². The van der Waals surface area contributed by atoms with Gasteiger partial charge in [-0.1, -0.05) is 0 Å². The van der Waals surface area contributed by atoms with Crippen molar-refractivity contribution >= 4 is 17.4 Å². The van der Waals surface area contributed by atoms with Crippen molar-refractivity contribution in [2.24, 2.45) is 0 Å². The molecule has 1 aliphatic rings. The molecule has 96 valence electrons. The maximum absolute atomic E-state index is 11.8. The minimum atomic E-state index is -0.822. The number of hydrogen-bond donors (Lipinski definition) is 0. The second-order valence-electron chi connectivity index (χ2n) is 4.00. The molecule has 0 radical (unpaired) electrons. The van der Waals surface area contributed by atoms with Crippen molar-refractivity contribution in [1.82, 2.24) is 0 Å². The topological polar surface area (TPSA) is 55.8 Å². The number of rotatable bonds is 3. The molecule has 0 N–H and O–H groups in total. The van der Waals surface area contributed by atoms with Crippen LogP contribution in [0.3, 0.4) is 0 Å². The van der Waals surface area contributed by atoms with Gasteiger partial charge in [0.1, 0.15) is 12.4 Å². The van der Waals surface area contributed by atoms with Crippen LogP contribution in [0.5, 0.6) is 5.75 Å². The number of ketones is 1. The number of benzene rings is 1. The third-order valence-corrected chi connectivity index (χ3v) is 2.78. The number of hydrogen-bond acceptors (Lipinski definition) is 5. The van der Waals surface area contributed by atoms with Crippen LogP contribution in [0.15, 0.2) is 18.2 Å². The Morgan fingerprint density at radius 2 is 2.22 bits per heavy atom. The molecular formula is C13H15NO4. The lowest BCUT2D eigenvalue weighted by Crippen LogP contribution is -2.29. The van der Waals surface area contributed by atoms with Crippen LogP contribution in [-0.4, -0.2) is 38.6 Å². The zero-order chi connectivity index (χ0) is 13.1. The van der Waals surface area contributed by atoms with Gasteiger partial charge in [0, 0.05) is 12.6 Å². The van der Waals surface area contributed by atoms with E-state index in [0.717, 1.165) is 18.0 Å². The predicted octanol–water partition coefficient (Wildman–Crippen LogP) is 1.26. The van der Waals surface area contributed by atoms with E-state index in [1.54, 1.807) is 25.1 Å². The molecule has 1 aliphatic heterocycles. The maximum atomic E-state index is 11.8. The first kappa shape index (κ1) is 12.4. The fraction of sp³-hybridized carbons (Fsp3) is 0.385. The number of carbonyl (C=O) groups excluding carboxylic acids is 2. The molecule has 0 spiro atoms. The second kappa shape index (κ2) is 5.08. The van der Waals surface area contributed by atoms with E-state index in [2.05, 4.69) is 0 Å². The smallest absolute Gasteiger partial charge is 0.379 e. The van der Waals surface area contributed by atoms with E-state index in [-0.39, 0.29) is 6.61 Å². The second-order valence-corrected chi connectivity index (χ2v) is 4.00. The zero-order valence-corrected chi connectivity index (χ0v) is 10.4. The average molecular weight is 249 g/mol. The van der Waals surface area contributed by atoms with Crippen LogP contribution in [0.2, 0.25) is 0 Å². The van der Waals surface area contributed by atoms with Crippen LogP contribution in [0.1, 0.15) is 17.3 Å². The van der Waals surface area contributed by atoms with E-state index in [1.165, 1.54) is 0 Å². The summed E-state index contributed by atoms with van der Waals surface area (Å²) in [6.45, 7) is 3.23. The van der Waals surface area contributed by atoms with Gasteiger partial charge in [0.15, 0.2) is 0 Å². The Bertz CT molecular complexity index is 484. The summed E-state index contributed by atoms with van der Waals surface area (Å²) in [4.78, 5) is 25.2. The van der Waals surface area contributed by atoms with Crippen LogP contribution < -0.4 is 9.64 Å². The number of Topliss-reactive ketones (excluding diaryl/α,β-unsaturated/α-hetero) is 1. The Hall–Kier alpha value is -2.04. The highest BCUT2D eigenvalue weighted by molar-refractivity contribution is 6.40. The third-order valence-electron chi connectivity index (χ3n) is 2.78. The van der Waals surface area contributed by atoms with Gasteiger partial charge in [-0.25, -0.2) is 4.79 Å². The fourth-order valence-electron chi connectivity index (χ4n) is 1.81. The highest BCUT2D eigenvalue weighted by Gasteiger charge is 2.21. The van der Waals surface area contributed by atoms with Gasteiger partial charge in [-0.3, -0.25) is 4.79 Å². The van der Waals surface area contributed by atoms with Gasteiger partial charge in [-0.15, -0.1) is 0 Å². The Labute approximate surface area is 105 Å². The van der Waals surface area contributed by atoms with Gasteiger partial charge in [0.25, 0.3) is 5.78 Å². The first-order valence-electron chi connectivity index (χ1n) is 5.83. The largest absolute Gasteiger partial charge is 0.490 e. The quantitative estimate of drug-likeness (QED) is 0.458. The summed E-state index contributed by atoms with van der Waals surface area (Å²) in [6.07, 6.45) is 0. The molecule has 18 heavy (non-hydrogen) atoms. The molecular weight excluding hydrogens is 234 g/mol. The molecule has 0 saturated carbocycles. The van der Waals surface area contributed by atoms with Gasteiger partial charge in [0.2, 0.25) is 0 Å². The number of likely N-dealkylation sites (N-methyl/N-ethyl adjacent to an activating group) is 1. The monoisotopic (exact) mass is 249 g/mol. The molecule has 0 saturated heterocycles. The summed E-state index contributed by atoms with van der Waals surface area (Å²) in [6, 6.07) is 4.95. The number of fused-ring (bicyclic) bond motifs is 1. The fourth-order valence-corrected chi connectivity index (χ4v) is 1.81. The lowest BCUT2D eigenvalue weighted by molar-refractivity contribution is -0.137. The summed E-state index contributed by atoms with van der Waals surface area (Å²) in [5.41, 5.74) is 1.14. The molecule has 1 aromatic rings. The molecule has 0 fully saturated rings. The predicted molar refractivity (Wildman–Crippen MR) is 66.2 cm³/mol. The minimum absolute atomic E-state index is 0.193. The molecule has 5 heteroatoms. The molecule has 1 aromatic carbocycles. The van der Waals surface area contributed by atoms with Gasteiger partial charge in [-0.2, -0.15) is 0 Å². The van der Waals surface area contributed by atoms with E-state index in [9.17, 15) is 9.59 Å². The van der Waals surface area contributed by atoms with Gasteiger partial charge in [-0.05, 0) is 25.1 Å². The van der Waals surface area contributed by atoms with Crippen molar-refractivity contribution < 1.29 is 19.1 Å². The summed E-state index contributed by atoms with van der Waals surface area (Å²) in [7, 11) is 1.92. The number of carbonyl (C=O) groups is 2. The lowest BCUT2D eigenvalue weighted by Gasteiger charge is -2.27. The Kier molecular flexibility index (Phi) is 3.50. The number of nitrogens with zero attached hydrogens (tertiary/aromatic N) is 1. The van der Waals surface area contributed by atoms with Crippen molar-refractivity contribution in [2.75, 3.05) is 31.7 Å². The first-order chi connectivity index (χ1) is 8.63.